The lowest BCUT2D eigenvalue weighted by molar-refractivity contribution is -0.384. The second kappa shape index (κ2) is 8.11. The summed E-state index contributed by atoms with van der Waals surface area (Å²) in [4.78, 5) is 46.0. The predicted molar refractivity (Wildman–Crippen MR) is 107 cm³/mol. The SMILES string of the molecule is O=Cc1ccc(C=C2SC(=S)N(NC(=O)c3ccc([N+](=O)[O-])cc3)C2=O)cc1. The third-order valence-corrected chi connectivity index (χ3v) is 5.02. The van der Waals surface area contributed by atoms with Crippen LogP contribution in [0.25, 0.3) is 6.08 Å². The Morgan fingerprint density at radius 2 is 1.71 bits per heavy atom. The van der Waals surface area contributed by atoms with Gasteiger partial charge in [-0.1, -0.05) is 36.0 Å². The molecule has 1 saturated heterocycles. The Bertz CT molecular complexity index is 1020. The first-order chi connectivity index (χ1) is 13.4. The number of carbonyl (C=O) groups excluding carboxylic acids is 3. The second-order valence-electron chi connectivity index (χ2n) is 5.55. The van der Waals surface area contributed by atoms with Crippen LogP contribution in [0.15, 0.2) is 53.4 Å². The number of nitro groups is 1. The highest BCUT2D eigenvalue weighted by molar-refractivity contribution is 8.26. The number of amides is 2. The van der Waals surface area contributed by atoms with E-state index in [4.69, 9.17) is 12.2 Å². The van der Waals surface area contributed by atoms with Gasteiger partial charge in [-0.3, -0.25) is 29.9 Å². The van der Waals surface area contributed by atoms with Crippen LogP contribution in [0.2, 0.25) is 0 Å². The molecule has 28 heavy (non-hydrogen) atoms. The Morgan fingerprint density at radius 1 is 1.11 bits per heavy atom. The minimum atomic E-state index is -0.622. The number of hydrogen-bond acceptors (Lipinski definition) is 7. The van der Waals surface area contributed by atoms with E-state index < -0.39 is 16.7 Å². The molecular formula is C18H11N3O5S2. The number of carbonyl (C=O) groups is 3. The third kappa shape index (κ3) is 4.13. The van der Waals surface area contributed by atoms with E-state index in [1.54, 1.807) is 30.3 Å². The Labute approximate surface area is 168 Å². The minimum Gasteiger partial charge on any atom is -0.298 e. The van der Waals surface area contributed by atoms with Crippen LogP contribution in [-0.4, -0.2) is 32.4 Å². The molecule has 1 aliphatic rings. The molecule has 1 heterocycles. The van der Waals surface area contributed by atoms with E-state index in [9.17, 15) is 24.5 Å². The first-order valence-electron chi connectivity index (χ1n) is 7.77. The number of hydrogen-bond donors (Lipinski definition) is 1. The number of benzene rings is 2. The molecule has 0 saturated carbocycles. The van der Waals surface area contributed by atoms with Gasteiger partial charge in [-0.25, -0.2) is 0 Å². The lowest BCUT2D eigenvalue weighted by Gasteiger charge is -2.15. The van der Waals surface area contributed by atoms with E-state index in [-0.39, 0.29) is 15.6 Å². The molecule has 2 amide bonds. The number of nitrogens with one attached hydrogen (secondary N) is 1. The van der Waals surface area contributed by atoms with E-state index in [2.05, 4.69) is 5.43 Å². The van der Waals surface area contributed by atoms with Crippen molar-refractivity contribution < 1.29 is 19.3 Å². The molecule has 2 aromatic rings. The number of aldehydes is 1. The maximum absolute atomic E-state index is 12.5. The standard InChI is InChI=1S/C18H11N3O5S2/c22-10-12-3-1-11(2-4-12)9-15-17(24)20(18(27)28-15)19-16(23)13-5-7-14(8-6-13)21(25)26/h1-10H,(H,19,23). The van der Waals surface area contributed by atoms with Crippen LogP contribution in [0, 0.1) is 10.1 Å². The molecule has 2 aromatic carbocycles. The summed E-state index contributed by atoms with van der Waals surface area (Å²) in [6, 6.07) is 11.6. The molecule has 0 aliphatic carbocycles. The first kappa shape index (κ1) is 19.4. The number of non-ortho nitro benzene ring substituents is 1. The summed E-state index contributed by atoms with van der Waals surface area (Å²) in [6.07, 6.45) is 2.32. The zero-order valence-electron chi connectivity index (χ0n) is 14.0. The summed E-state index contributed by atoms with van der Waals surface area (Å²) in [5.74, 6) is -1.12. The van der Waals surface area contributed by atoms with Crippen molar-refractivity contribution in [3.8, 4) is 0 Å². The van der Waals surface area contributed by atoms with E-state index in [0.717, 1.165) is 23.1 Å². The quantitative estimate of drug-likeness (QED) is 0.264. The largest absolute Gasteiger partial charge is 0.298 e. The van der Waals surface area contributed by atoms with Gasteiger partial charge in [0.25, 0.3) is 17.5 Å². The van der Waals surface area contributed by atoms with Gasteiger partial charge in [-0.2, -0.15) is 5.01 Å². The number of nitro benzene ring substituents is 1. The second-order valence-corrected chi connectivity index (χ2v) is 7.22. The molecular weight excluding hydrogens is 402 g/mol. The zero-order valence-corrected chi connectivity index (χ0v) is 15.7. The topological polar surface area (TPSA) is 110 Å². The highest BCUT2D eigenvalue weighted by Gasteiger charge is 2.33. The molecule has 1 aliphatic heterocycles. The molecule has 10 heteroatoms. The number of thiocarbonyl (C=S) groups is 1. The van der Waals surface area contributed by atoms with Crippen LogP contribution >= 0.6 is 24.0 Å². The summed E-state index contributed by atoms with van der Waals surface area (Å²) in [5.41, 5.74) is 3.62. The molecule has 3 rings (SSSR count). The lowest BCUT2D eigenvalue weighted by atomic mass is 10.1. The smallest absolute Gasteiger partial charge is 0.285 e. The fraction of sp³-hybridized carbons (Fsp3) is 0. The van der Waals surface area contributed by atoms with Gasteiger partial charge in [-0.15, -0.1) is 0 Å². The lowest BCUT2D eigenvalue weighted by Crippen LogP contribution is -2.44. The maximum atomic E-state index is 12.5. The highest BCUT2D eigenvalue weighted by atomic mass is 32.2. The predicted octanol–water partition coefficient (Wildman–Crippen LogP) is 2.95. The van der Waals surface area contributed by atoms with Crippen LogP contribution in [0.3, 0.4) is 0 Å². The van der Waals surface area contributed by atoms with Crippen molar-refractivity contribution >= 4 is 58.2 Å². The van der Waals surface area contributed by atoms with Gasteiger partial charge < -0.3 is 0 Å². The van der Waals surface area contributed by atoms with Crippen molar-refractivity contribution in [3.05, 3.63) is 80.2 Å². The van der Waals surface area contributed by atoms with Crippen molar-refractivity contribution in [2.24, 2.45) is 0 Å². The molecule has 1 N–H and O–H groups in total. The summed E-state index contributed by atoms with van der Waals surface area (Å²) in [5, 5.41) is 11.6. The van der Waals surface area contributed by atoms with Crippen LogP contribution in [0.4, 0.5) is 5.69 Å². The summed E-state index contributed by atoms with van der Waals surface area (Å²) >= 11 is 6.18. The van der Waals surface area contributed by atoms with Gasteiger partial charge >= 0.3 is 0 Å². The van der Waals surface area contributed by atoms with Gasteiger partial charge in [0.05, 0.1) is 9.83 Å². The van der Waals surface area contributed by atoms with Crippen molar-refractivity contribution in [1.29, 1.82) is 0 Å². The Hall–Kier alpha value is -3.37. The summed E-state index contributed by atoms with van der Waals surface area (Å²) in [7, 11) is 0. The van der Waals surface area contributed by atoms with Crippen LogP contribution in [0.5, 0.6) is 0 Å². The van der Waals surface area contributed by atoms with E-state index in [1.165, 1.54) is 24.3 Å². The molecule has 8 nitrogen and oxygen atoms in total. The Kier molecular flexibility index (Phi) is 5.62. The van der Waals surface area contributed by atoms with Crippen LogP contribution in [-0.2, 0) is 4.79 Å². The number of nitrogens with zero attached hydrogens (tertiary/aromatic N) is 2. The molecule has 0 aromatic heterocycles. The zero-order chi connectivity index (χ0) is 20.3. The van der Waals surface area contributed by atoms with Crippen LogP contribution < -0.4 is 5.43 Å². The molecule has 0 spiro atoms. The summed E-state index contributed by atoms with van der Waals surface area (Å²) in [6.45, 7) is 0. The fourth-order valence-electron chi connectivity index (χ4n) is 2.29. The molecule has 0 unspecified atom stereocenters. The molecule has 140 valence electrons. The molecule has 0 radical (unpaired) electrons. The number of thioether (sulfide) groups is 1. The number of hydrazine groups is 1. The first-order valence-corrected chi connectivity index (χ1v) is 9.00. The Morgan fingerprint density at radius 3 is 2.29 bits per heavy atom. The molecule has 1 fully saturated rings. The van der Waals surface area contributed by atoms with Gasteiger partial charge in [0.1, 0.15) is 6.29 Å². The summed E-state index contributed by atoms with van der Waals surface area (Å²) < 4.78 is 0.149. The van der Waals surface area contributed by atoms with E-state index in [1.807, 2.05) is 0 Å². The van der Waals surface area contributed by atoms with Gasteiger partial charge in [-0.05, 0) is 36.0 Å². The van der Waals surface area contributed by atoms with Crippen LogP contribution in [0.1, 0.15) is 26.3 Å². The van der Waals surface area contributed by atoms with E-state index in [0.29, 0.717) is 16.0 Å². The van der Waals surface area contributed by atoms with Crippen molar-refractivity contribution in [3.63, 3.8) is 0 Å². The molecule has 0 atom stereocenters. The van der Waals surface area contributed by atoms with Crippen molar-refractivity contribution in [2.45, 2.75) is 0 Å². The normalized spacial score (nSPS) is 15.0. The Balaban J connectivity index is 1.74. The maximum Gasteiger partial charge on any atom is 0.285 e. The monoisotopic (exact) mass is 413 g/mol. The molecule has 0 bridgehead atoms. The average Bonchev–Trinajstić information content (AvgIpc) is 2.96. The van der Waals surface area contributed by atoms with Gasteiger partial charge in [0.15, 0.2) is 4.32 Å². The third-order valence-electron chi connectivity index (χ3n) is 3.72. The highest BCUT2D eigenvalue weighted by Crippen LogP contribution is 2.31. The van der Waals surface area contributed by atoms with Gasteiger partial charge in [0.2, 0.25) is 0 Å². The minimum absolute atomic E-state index is 0.146. The van der Waals surface area contributed by atoms with Crippen molar-refractivity contribution in [1.82, 2.24) is 10.4 Å². The fourth-order valence-corrected chi connectivity index (χ4v) is 3.47. The van der Waals surface area contributed by atoms with Gasteiger partial charge in [0, 0.05) is 23.3 Å². The van der Waals surface area contributed by atoms with E-state index >= 15 is 0 Å². The average molecular weight is 413 g/mol. The van der Waals surface area contributed by atoms with Crippen molar-refractivity contribution in [2.75, 3.05) is 0 Å². The number of rotatable bonds is 5.